The number of likely N-dealkylation sites (tertiary alicyclic amines) is 1. The van der Waals surface area contributed by atoms with Crippen molar-refractivity contribution in [3.05, 3.63) is 53.6 Å². The lowest BCUT2D eigenvalue weighted by atomic mass is 9.86. The van der Waals surface area contributed by atoms with Crippen molar-refractivity contribution in [1.82, 2.24) is 4.90 Å². The molecule has 2 aliphatic heterocycles. The van der Waals surface area contributed by atoms with E-state index in [9.17, 15) is 5.11 Å². The van der Waals surface area contributed by atoms with Crippen LogP contribution >= 0.6 is 0 Å². The van der Waals surface area contributed by atoms with Gasteiger partial charge in [0.15, 0.2) is 0 Å². The van der Waals surface area contributed by atoms with Gasteiger partial charge in [-0.05, 0) is 68.2 Å². The summed E-state index contributed by atoms with van der Waals surface area (Å²) in [5.41, 5.74) is 2.30. The van der Waals surface area contributed by atoms with Crippen LogP contribution in [0.3, 0.4) is 0 Å². The molecule has 2 aromatic carbocycles. The number of benzene rings is 2. The molecule has 0 spiro atoms. The number of hydrogen-bond donors (Lipinski definition) is 1. The Hall–Kier alpha value is -2.20. The Morgan fingerprint density at radius 3 is 2.68 bits per heavy atom. The van der Waals surface area contributed by atoms with Crippen LogP contribution < -0.4 is 9.47 Å². The van der Waals surface area contributed by atoms with E-state index in [1.54, 1.807) is 6.07 Å². The third kappa shape index (κ3) is 3.74. The number of phenolic OH excluding ortho intramolecular Hbond substituents is 1. The first-order chi connectivity index (χ1) is 12.3. The molecule has 0 bridgehead atoms. The molecule has 0 saturated carbocycles. The fourth-order valence-electron chi connectivity index (χ4n) is 3.82. The summed E-state index contributed by atoms with van der Waals surface area (Å²) in [6.45, 7) is 4.87. The fraction of sp³-hybridized carbons (Fsp3) is 0.429. The standard InChI is InChI=1S/C21H25NO3/c23-17-5-8-21-20(15-17)19(9-13-25-21)16-3-6-18(7-4-16)24-14-12-22-10-1-2-11-22/h3-8,15,19,23H,1-2,9-14H2. The molecule has 1 atom stereocenters. The zero-order valence-electron chi connectivity index (χ0n) is 14.5. The van der Waals surface area contributed by atoms with Crippen molar-refractivity contribution in [2.45, 2.75) is 25.2 Å². The van der Waals surface area contributed by atoms with Crippen LogP contribution in [0.25, 0.3) is 0 Å². The summed E-state index contributed by atoms with van der Waals surface area (Å²) in [4.78, 5) is 2.46. The molecule has 1 N–H and O–H groups in total. The van der Waals surface area contributed by atoms with E-state index in [2.05, 4.69) is 29.2 Å². The molecule has 0 aromatic heterocycles. The zero-order chi connectivity index (χ0) is 17.1. The van der Waals surface area contributed by atoms with Crippen LogP contribution in [0, 0.1) is 0 Å². The molecule has 25 heavy (non-hydrogen) atoms. The minimum atomic E-state index is 0.259. The van der Waals surface area contributed by atoms with Crippen LogP contribution in [0.4, 0.5) is 0 Å². The van der Waals surface area contributed by atoms with E-state index in [0.29, 0.717) is 6.61 Å². The molecule has 1 fully saturated rings. The van der Waals surface area contributed by atoms with Gasteiger partial charge in [0.25, 0.3) is 0 Å². The van der Waals surface area contributed by atoms with Crippen LogP contribution in [0.2, 0.25) is 0 Å². The quantitative estimate of drug-likeness (QED) is 0.900. The molecule has 1 unspecified atom stereocenters. The van der Waals surface area contributed by atoms with Crippen molar-refractivity contribution in [3.63, 3.8) is 0 Å². The first-order valence-electron chi connectivity index (χ1n) is 9.20. The molecule has 132 valence electrons. The van der Waals surface area contributed by atoms with Gasteiger partial charge in [-0.3, -0.25) is 4.90 Å². The van der Waals surface area contributed by atoms with Crippen LogP contribution in [0.5, 0.6) is 17.2 Å². The van der Waals surface area contributed by atoms with E-state index in [0.717, 1.165) is 36.6 Å². The summed E-state index contributed by atoms with van der Waals surface area (Å²) in [5.74, 6) is 2.34. The third-order valence-electron chi connectivity index (χ3n) is 5.19. The number of fused-ring (bicyclic) bond motifs is 1. The Morgan fingerprint density at radius 1 is 1.08 bits per heavy atom. The molecule has 2 heterocycles. The highest BCUT2D eigenvalue weighted by molar-refractivity contribution is 5.47. The second-order valence-corrected chi connectivity index (χ2v) is 6.88. The molecule has 2 aromatic rings. The van der Waals surface area contributed by atoms with Crippen LogP contribution in [0.15, 0.2) is 42.5 Å². The highest BCUT2D eigenvalue weighted by Gasteiger charge is 2.23. The molecule has 4 nitrogen and oxygen atoms in total. The van der Waals surface area contributed by atoms with Crippen molar-refractivity contribution in [2.24, 2.45) is 0 Å². The van der Waals surface area contributed by atoms with E-state index in [1.807, 2.05) is 12.1 Å². The Bertz CT molecular complexity index is 708. The molecule has 2 aliphatic rings. The van der Waals surface area contributed by atoms with Crippen molar-refractivity contribution < 1.29 is 14.6 Å². The smallest absolute Gasteiger partial charge is 0.123 e. The predicted molar refractivity (Wildman–Crippen MR) is 97.7 cm³/mol. The summed E-state index contributed by atoms with van der Waals surface area (Å²) in [5, 5.41) is 9.80. The number of hydrogen-bond acceptors (Lipinski definition) is 4. The SMILES string of the molecule is Oc1ccc2c(c1)C(c1ccc(OCCN3CCCC3)cc1)CCO2. The molecule has 4 heteroatoms. The first kappa shape index (κ1) is 16.3. The van der Waals surface area contributed by atoms with Gasteiger partial charge in [0.2, 0.25) is 0 Å². The van der Waals surface area contributed by atoms with E-state index in [-0.39, 0.29) is 11.7 Å². The highest BCUT2D eigenvalue weighted by atomic mass is 16.5. The maximum absolute atomic E-state index is 9.80. The third-order valence-corrected chi connectivity index (χ3v) is 5.19. The van der Waals surface area contributed by atoms with Crippen LogP contribution in [-0.4, -0.2) is 42.9 Å². The van der Waals surface area contributed by atoms with Crippen molar-refractivity contribution >= 4 is 0 Å². The van der Waals surface area contributed by atoms with Crippen molar-refractivity contribution in [2.75, 3.05) is 32.8 Å². The van der Waals surface area contributed by atoms with Gasteiger partial charge in [-0.1, -0.05) is 12.1 Å². The van der Waals surface area contributed by atoms with Gasteiger partial charge in [-0.2, -0.15) is 0 Å². The molecule has 4 rings (SSSR count). The van der Waals surface area contributed by atoms with Gasteiger partial charge >= 0.3 is 0 Å². The van der Waals surface area contributed by atoms with Crippen LogP contribution in [0.1, 0.15) is 36.3 Å². The minimum Gasteiger partial charge on any atom is -0.508 e. The number of aromatic hydroxyl groups is 1. The van der Waals surface area contributed by atoms with E-state index >= 15 is 0 Å². The van der Waals surface area contributed by atoms with Crippen molar-refractivity contribution in [3.8, 4) is 17.2 Å². The van der Waals surface area contributed by atoms with E-state index < -0.39 is 0 Å². The molecule has 0 aliphatic carbocycles. The largest absolute Gasteiger partial charge is 0.508 e. The van der Waals surface area contributed by atoms with Gasteiger partial charge in [0, 0.05) is 18.0 Å². The lowest BCUT2D eigenvalue weighted by Crippen LogP contribution is -2.25. The van der Waals surface area contributed by atoms with Gasteiger partial charge in [-0.15, -0.1) is 0 Å². The summed E-state index contributed by atoms with van der Waals surface area (Å²) < 4.78 is 11.6. The van der Waals surface area contributed by atoms with E-state index in [4.69, 9.17) is 9.47 Å². The average Bonchev–Trinajstić information content (AvgIpc) is 3.15. The topological polar surface area (TPSA) is 41.9 Å². The summed E-state index contributed by atoms with van der Waals surface area (Å²) in [6, 6.07) is 13.7. The minimum absolute atomic E-state index is 0.259. The maximum atomic E-state index is 9.80. The Labute approximate surface area is 149 Å². The zero-order valence-corrected chi connectivity index (χ0v) is 14.5. The lowest BCUT2D eigenvalue weighted by molar-refractivity contribution is 0.237. The number of nitrogens with zero attached hydrogens (tertiary/aromatic N) is 1. The predicted octanol–water partition coefficient (Wildman–Crippen LogP) is 3.78. The summed E-state index contributed by atoms with van der Waals surface area (Å²) >= 11 is 0. The molecular weight excluding hydrogens is 314 g/mol. The maximum Gasteiger partial charge on any atom is 0.123 e. The first-order valence-corrected chi connectivity index (χ1v) is 9.20. The normalized spacial score (nSPS) is 20.1. The Morgan fingerprint density at radius 2 is 1.88 bits per heavy atom. The van der Waals surface area contributed by atoms with Gasteiger partial charge in [0.05, 0.1) is 6.61 Å². The second-order valence-electron chi connectivity index (χ2n) is 6.88. The molecular formula is C21H25NO3. The van der Waals surface area contributed by atoms with Gasteiger partial charge in [0.1, 0.15) is 23.9 Å². The lowest BCUT2D eigenvalue weighted by Gasteiger charge is -2.26. The van der Waals surface area contributed by atoms with Crippen LogP contribution in [-0.2, 0) is 0 Å². The number of phenols is 1. The Kier molecular flexibility index (Phi) is 4.79. The number of rotatable bonds is 5. The average molecular weight is 339 g/mol. The summed E-state index contributed by atoms with van der Waals surface area (Å²) in [6.07, 6.45) is 3.55. The number of ether oxygens (including phenoxy) is 2. The summed E-state index contributed by atoms with van der Waals surface area (Å²) in [7, 11) is 0. The fourth-order valence-corrected chi connectivity index (χ4v) is 3.82. The molecule has 1 saturated heterocycles. The van der Waals surface area contributed by atoms with Gasteiger partial charge in [-0.25, -0.2) is 0 Å². The Balaban J connectivity index is 1.41. The second kappa shape index (κ2) is 7.36. The monoisotopic (exact) mass is 339 g/mol. The highest BCUT2D eigenvalue weighted by Crippen LogP contribution is 2.40. The van der Waals surface area contributed by atoms with E-state index in [1.165, 1.54) is 31.5 Å². The molecule has 0 amide bonds. The van der Waals surface area contributed by atoms with Crippen molar-refractivity contribution in [1.29, 1.82) is 0 Å². The van der Waals surface area contributed by atoms with Gasteiger partial charge < -0.3 is 14.6 Å². The molecule has 0 radical (unpaired) electrons.